The second-order valence-corrected chi connectivity index (χ2v) is 7.18. The van der Waals surface area contributed by atoms with E-state index in [1.165, 1.54) is 12.1 Å². The van der Waals surface area contributed by atoms with Gasteiger partial charge < -0.3 is 14.4 Å². The van der Waals surface area contributed by atoms with Crippen molar-refractivity contribution in [2.24, 2.45) is 13.0 Å². The molecule has 1 aromatic carbocycles. The number of hydrogen-bond acceptors (Lipinski definition) is 4. The lowest BCUT2D eigenvalue weighted by Gasteiger charge is -2.04. The first-order chi connectivity index (χ1) is 13.4. The van der Waals surface area contributed by atoms with Gasteiger partial charge in [0.15, 0.2) is 5.78 Å². The highest BCUT2D eigenvalue weighted by Crippen LogP contribution is 2.29. The molecule has 1 fully saturated rings. The molecule has 0 radical (unpaired) electrons. The van der Waals surface area contributed by atoms with E-state index in [4.69, 9.17) is 4.52 Å². The van der Waals surface area contributed by atoms with Gasteiger partial charge in [-0.15, -0.1) is 0 Å². The minimum atomic E-state index is -0.425. The third-order valence-corrected chi connectivity index (χ3v) is 4.94. The lowest BCUT2D eigenvalue weighted by molar-refractivity contribution is 0.0943. The monoisotopic (exact) mass is 381 g/mol. The second kappa shape index (κ2) is 7.07. The molecule has 1 N–H and O–H groups in total. The van der Waals surface area contributed by atoms with E-state index in [2.05, 4.69) is 10.5 Å². The number of ketones is 1. The van der Waals surface area contributed by atoms with Crippen LogP contribution in [0, 0.1) is 18.7 Å². The molecule has 28 heavy (non-hydrogen) atoms. The van der Waals surface area contributed by atoms with Gasteiger partial charge in [-0.05, 0) is 43.9 Å². The topological polar surface area (TPSA) is 77.1 Å². The average molecular weight is 381 g/mol. The smallest absolute Gasteiger partial charge is 0.267 e. The molecule has 1 saturated carbocycles. The third-order valence-electron chi connectivity index (χ3n) is 4.94. The molecule has 144 valence electrons. The van der Waals surface area contributed by atoms with Crippen molar-refractivity contribution < 1.29 is 18.5 Å². The van der Waals surface area contributed by atoms with Crippen LogP contribution in [0.3, 0.4) is 0 Å². The molecule has 0 saturated heterocycles. The number of hydrogen-bond donors (Lipinski definition) is 1. The van der Waals surface area contributed by atoms with E-state index in [9.17, 15) is 14.0 Å². The first-order valence-electron chi connectivity index (χ1n) is 9.15. The number of carbonyl (C=O) groups excluding carboxylic acids is 2. The summed E-state index contributed by atoms with van der Waals surface area (Å²) in [7, 11) is 1.72. The molecular weight excluding hydrogens is 361 g/mol. The largest absolute Gasteiger partial charge is 0.360 e. The normalized spacial score (nSPS) is 13.5. The highest BCUT2D eigenvalue weighted by Gasteiger charge is 2.26. The number of amides is 1. The Morgan fingerprint density at radius 3 is 2.82 bits per heavy atom. The summed E-state index contributed by atoms with van der Waals surface area (Å²) in [5, 5.41) is 6.85. The Labute approximate surface area is 161 Å². The zero-order chi connectivity index (χ0) is 19.8. The second-order valence-electron chi connectivity index (χ2n) is 7.18. The number of aromatic nitrogens is 2. The summed E-state index contributed by atoms with van der Waals surface area (Å²) in [5.41, 5.74) is 1.76. The van der Waals surface area contributed by atoms with E-state index in [0.717, 1.165) is 12.8 Å². The molecule has 4 rings (SSSR count). The highest BCUT2D eigenvalue weighted by molar-refractivity contribution is 6.13. The van der Waals surface area contributed by atoms with Gasteiger partial charge in [0.25, 0.3) is 5.91 Å². The van der Waals surface area contributed by atoms with Crippen LogP contribution in [0.15, 0.2) is 41.1 Å². The van der Waals surface area contributed by atoms with Crippen molar-refractivity contribution in [3.8, 4) is 11.3 Å². The van der Waals surface area contributed by atoms with Crippen molar-refractivity contribution in [2.45, 2.75) is 19.8 Å². The van der Waals surface area contributed by atoms with E-state index in [0.29, 0.717) is 35.0 Å². The summed E-state index contributed by atoms with van der Waals surface area (Å²) in [6.45, 7) is 2.29. The van der Waals surface area contributed by atoms with Crippen LogP contribution >= 0.6 is 0 Å². The minimum Gasteiger partial charge on any atom is -0.360 e. The number of aryl methyl sites for hydroxylation is 2. The molecule has 0 atom stereocenters. The molecule has 1 amide bonds. The quantitative estimate of drug-likeness (QED) is 0.663. The first kappa shape index (κ1) is 18.2. The van der Waals surface area contributed by atoms with E-state index in [1.54, 1.807) is 42.9 Å². The number of nitrogens with zero attached hydrogens (tertiary/aromatic N) is 2. The zero-order valence-corrected chi connectivity index (χ0v) is 15.7. The van der Waals surface area contributed by atoms with Gasteiger partial charge in [0.1, 0.15) is 23.0 Å². The van der Waals surface area contributed by atoms with Crippen molar-refractivity contribution in [1.29, 1.82) is 0 Å². The predicted molar refractivity (Wildman–Crippen MR) is 101 cm³/mol. The molecule has 1 aliphatic rings. The number of halogens is 1. The fourth-order valence-electron chi connectivity index (χ4n) is 3.18. The summed E-state index contributed by atoms with van der Waals surface area (Å²) in [4.78, 5) is 25.5. The molecule has 3 aromatic rings. The summed E-state index contributed by atoms with van der Waals surface area (Å²) in [6.07, 6.45) is 3.90. The van der Waals surface area contributed by atoms with Gasteiger partial charge in [-0.25, -0.2) is 4.39 Å². The SMILES string of the molecule is Cc1onc(-c2cccc(F)c2)c1C(=O)c1cc(C(=O)NCC2CC2)n(C)c1. The number of carbonyl (C=O) groups is 2. The van der Waals surface area contributed by atoms with Crippen LogP contribution < -0.4 is 5.32 Å². The predicted octanol–water partition coefficient (Wildman–Crippen LogP) is 3.50. The molecule has 7 heteroatoms. The van der Waals surface area contributed by atoms with Crippen LogP contribution in [0.5, 0.6) is 0 Å². The summed E-state index contributed by atoms with van der Waals surface area (Å²) in [6, 6.07) is 7.40. The summed E-state index contributed by atoms with van der Waals surface area (Å²) >= 11 is 0. The lowest BCUT2D eigenvalue weighted by atomic mass is 9.99. The molecule has 0 bridgehead atoms. The lowest BCUT2D eigenvalue weighted by Crippen LogP contribution is -2.27. The Balaban J connectivity index is 1.64. The molecule has 2 heterocycles. The zero-order valence-electron chi connectivity index (χ0n) is 15.7. The van der Waals surface area contributed by atoms with Crippen LogP contribution in [0.2, 0.25) is 0 Å². The van der Waals surface area contributed by atoms with Gasteiger partial charge in [-0.2, -0.15) is 0 Å². The Hall–Kier alpha value is -3.22. The first-order valence-corrected chi connectivity index (χ1v) is 9.15. The van der Waals surface area contributed by atoms with Crippen LogP contribution in [0.4, 0.5) is 4.39 Å². The third kappa shape index (κ3) is 3.47. The van der Waals surface area contributed by atoms with Crippen LogP contribution in [0.25, 0.3) is 11.3 Å². The van der Waals surface area contributed by atoms with Crippen LogP contribution in [-0.4, -0.2) is 28.0 Å². The van der Waals surface area contributed by atoms with Crippen molar-refractivity contribution in [3.63, 3.8) is 0 Å². The van der Waals surface area contributed by atoms with Crippen LogP contribution in [0.1, 0.15) is 45.0 Å². The van der Waals surface area contributed by atoms with E-state index < -0.39 is 5.82 Å². The van der Waals surface area contributed by atoms with Crippen molar-refractivity contribution >= 4 is 11.7 Å². The van der Waals surface area contributed by atoms with Gasteiger partial charge >= 0.3 is 0 Å². The molecule has 0 unspecified atom stereocenters. The molecule has 0 aliphatic heterocycles. The van der Waals surface area contributed by atoms with E-state index in [1.807, 2.05) is 0 Å². The Morgan fingerprint density at radius 2 is 2.11 bits per heavy atom. The Kier molecular flexibility index (Phi) is 4.58. The fraction of sp³-hybridized carbons (Fsp3) is 0.286. The van der Waals surface area contributed by atoms with Crippen LogP contribution in [-0.2, 0) is 7.05 Å². The summed E-state index contributed by atoms with van der Waals surface area (Å²) in [5.74, 6) is -0.0479. The number of nitrogens with one attached hydrogen (secondary N) is 1. The average Bonchev–Trinajstić information content (AvgIpc) is 3.30. The van der Waals surface area contributed by atoms with Crippen molar-refractivity contribution in [3.05, 3.63) is 64.9 Å². The maximum Gasteiger partial charge on any atom is 0.267 e. The molecular formula is C21H20FN3O3. The maximum absolute atomic E-state index is 13.6. The number of rotatable bonds is 6. The Morgan fingerprint density at radius 1 is 1.32 bits per heavy atom. The van der Waals surface area contributed by atoms with Gasteiger partial charge in [0.05, 0.1) is 5.56 Å². The van der Waals surface area contributed by atoms with E-state index >= 15 is 0 Å². The van der Waals surface area contributed by atoms with Crippen molar-refractivity contribution in [1.82, 2.24) is 15.0 Å². The molecule has 6 nitrogen and oxygen atoms in total. The van der Waals surface area contributed by atoms with Crippen molar-refractivity contribution in [2.75, 3.05) is 6.54 Å². The van der Waals surface area contributed by atoms with Gasteiger partial charge in [-0.1, -0.05) is 17.3 Å². The van der Waals surface area contributed by atoms with Gasteiger partial charge in [0, 0.05) is 30.9 Å². The fourth-order valence-corrected chi connectivity index (χ4v) is 3.18. The van der Waals surface area contributed by atoms with E-state index in [-0.39, 0.29) is 22.9 Å². The molecule has 0 spiro atoms. The minimum absolute atomic E-state index is 0.208. The highest BCUT2D eigenvalue weighted by atomic mass is 19.1. The Bertz CT molecular complexity index is 1060. The van der Waals surface area contributed by atoms with Gasteiger partial charge in [0.2, 0.25) is 0 Å². The number of benzene rings is 1. The standard InChI is InChI=1S/C21H20FN3O3/c1-12-18(19(24-28-12)14-4-3-5-16(22)8-14)20(26)15-9-17(25(2)11-15)21(27)23-10-13-6-7-13/h3-5,8-9,11,13H,6-7,10H2,1-2H3,(H,23,27). The van der Waals surface area contributed by atoms with Gasteiger partial charge in [-0.3, -0.25) is 9.59 Å². The summed E-state index contributed by atoms with van der Waals surface area (Å²) < 4.78 is 20.4. The molecule has 1 aliphatic carbocycles. The maximum atomic E-state index is 13.6. The molecule has 2 aromatic heterocycles.